The molecule has 3 aromatic carbocycles. The third kappa shape index (κ3) is 6.99. The topological polar surface area (TPSA) is 72.8 Å². The number of thioether (sulfide) groups is 1. The van der Waals surface area contributed by atoms with Gasteiger partial charge in [-0.05, 0) is 90.6 Å². The minimum absolute atomic E-state index is 0.0303. The summed E-state index contributed by atoms with van der Waals surface area (Å²) in [5.74, 6) is 2.37. The van der Waals surface area contributed by atoms with Gasteiger partial charge in [-0.15, -0.1) is 11.8 Å². The molecule has 1 aliphatic heterocycles. The molecule has 9 heteroatoms. The van der Waals surface area contributed by atoms with Gasteiger partial charge in [0.2, 0.25) is 0 Å². The van der Waals surface area contributed by atoms with E-state index in [1.54, 1.807) is 6.26 Å². The second-order valence-corrected chi connectivity index (χ2v) is 13.4. The molecule has 5 nitrogen and oxygen atoms in total. The number of ether oxygens (including phenoxy) is 2. The number of carboxylic acid groups (broad SMARTS) is 1. The summed E-state index contributed by atoms with van der Waals surface area (Å²) in [4.78, 5) is 10.3. The molecule has 2 atom stereocenters. The first kappa shape index (κ1) is 30.8. The summed E-state index contributed by atoms with van der Waals surface area (Å²) >= 11 is 15.5. The van der Waals surface area contributed by atoms with Gasteiger partial charge >= 0.3 is 0 Å². The standard InChI is InChI=1S/C29H30Cl2O3S2.C2H4O2/c1-17-26(18(2)28(31)29(27(17)30)33-13-5-15-36(3)32)23-7-4-6-22-21(23)10-11-24(22)34-20-9-8-19-12-14-35-25(19)16-20;1-2(3)4/h4,6-9,16,24H,5,10-15H2,1-3H3;1H3,(H,3,4). The van der Waals surface area contributed by atoms with E-state index >= 15 is 0 Å². The van der Waals surface area contributed by atoms with Crippen LogP contribution in [-0.4, -0.2) is 39.7 Å². The molecular weight excluding hydrogens is 587 g/mol. The summed E-state index contributed by atoms with van der Waals surface area (Å²) in [6, 6.07) is 13.0. The second-order valence-electron chi connectivity index (χ2n) is 9.97. The van der Waals surface area contributed by atoms with Crippen LogP contribution in [0, 0.1) is 13.8 Å². The zero-order valence-corrected chi connectivity index (χ0v) is 26.3. The van der Waals surface area contributed by atoms with Gasteiger partial charge in [-0.3, -0.25) is 9.00 Å². The number of carbonyl (C=O) groups is 1. The van der Waals surface area contributed by atoms with Gasteiger partial charge in [0, 0.05) is 40.4 Å². The highest BCUT2D eigenvalue weighted by atomic mass is 35.5. The van der Waals surface area contributed by atoms with E-state index in [1.807, 2.05) is 25.6 Å². The monoisotopic (exact) mass is 620 g/mol. The van der Waals surface area contributed by atoms with Crippen LogP contribution in [0.4, 0.5) is 0 Å². The van der Waals surface area contributed by atoms with Gasteiger partial charge in [-0.25, -0.2) is 0 Å². The Morgan fingerprint density at radius 1 is 1.12 bits per heavy atom. The van der Waals surface area contributed by atoms with Crippen molar-refractivity contribution in [3.05, 3.63) is 74.3 Å². The van der Waals surface area contributed by atoms with Crippen molar-refractivity contribution >= 4 is 51.7 Å². The van der Waals surface area contributed by atoms with Gasteiger partial charge in [-0.1, -0.05) is 47.5 Å². The quantitative estimate of drug-likeness (QED) is 0.256. The summed E-state index contributed by atoms with van der Waals surface area (Å²) in [7, 11) is -0.845. The number of fused-ring (bicyclic) bond motifs is 2. The average Bonchev–Trinajstić information content (AvgIpc) is 3.54. The highest BCUT2D eigenvalue weighted by Gasteiger charge is 2.29. The van der Waals surface area contributed by atoms with Crippen molar-refractivity contribution in [3.63, 3.8) is 0 Å². The van der Waals surface area contributed by atoms with Crippen molar-refractivity contribution < 1.29 is 23.6 Å². The van der Waals surface area contributed by atoms with Crippen LogP contribution in [0.25, 0.3) is 11.1 Å². The smallest absolute Gasteiger partial charge is 0.300 e. The fraction of sp³-hybridized carbons (Fsp3) is 0.387. The average molecular weight is 622 g/mol. The normalized spacial score (nSPS) is 16.0. The molecule has 0 amide bonds. The van der Waals surface area contributed by atoms with Crippen LogP contribution in [0.2, 0.25) is 10.0 Å². The minimum Gasteiger partial charge on any atom is -0.490 e. The van der Waals surface area contributed by atoms with Crippen LogP contribution in [0.1, 0.15) is 53.7 Å². The molecule has 2 unspecified atom stereocenters. The number of halogens is 2. The van der Waals surface area contributed by atoms with Crippen LogP contribution >= 0.6 is 35.0 Å². The van der Waals surface area contributed by atoms with Gasteiger partial charge in [0.15, 0.2) is 5.75 Å². The zero-order valence-electron chi connectivity index (χ0n) is 23.1. The fourth-order valence-electron chi connectivity index (χ4n) is 5.26. The Morgan fingerprint density at radius 3 is 2.50 bits per heavy atom. The highest BCUT2D eigenvalue weighted by molar-refractivity contribution is 7.99. The fourth-order valence-corrected chi connectivity index (χ4v) is 7.42. The van der Waals surface area contributed by atoms with Crippen molar-refractivity contribution in [2.75, 3.05) is 24.4 Å². The highest BCUT2D eigenvalue weighted by Crippen LogP contribution is 2.48. The molecule has 0 radical (unpaired) electrons. The first-order valence-corrected chi connectivity index (χ1v) is 16.7. The van der Waals surface area contributed by atoms with Gasteiger partial charge in [-0.2, -0.15) is 0 Å². The van der Waals surface area contributed by atoms with Crippen LogP contribution in [0.3, 0.4) is 0 Å². The third-order valence-electron chi connectivity index (χ3n) is 7.06. The van der Waals surface area contributed by atoms with E-state index in [4.69, 9.17) is 42.6 Å². The van der Waals surface area contributed by atoms with E-state index in [2.05, 4.69) is 36.4 Å². The summed E-state index contributed by atoms with van der Waals surface area (Å²) < 4.78 is 23.8. The van der Waals surface area contributed by atoms with Crippen molar-refractivity contribution in [1.82, 2.24) is 0 Å². The van der Waals surface area contributed by atoms with Crippen LogP contribution < -0.4 is 9.47 Å². The summed E-state index contributed by atoms with van der Waals surface area (Å²) in [5, 5.41) is 8.49. The van der Waals surface area contributed by atoms with E-state index in [0.717, 1.165) is 59.9 Å². The summed E-state index contributed by atoms with van der Waals surface area (Å²) in [6.07, 6.45) is 5.44. The van der Waals surface area contributed by atoms with Crippen molar-refractivity contribution in [1.29, 1.82) is 0 Å². The first-order valence-electron chi connectivity index (χ1n) is 13.2. The molecule has 3 aromatic rings. The van der Waals surface area contributed by atoms with E-state index in [-0.39, 0.29) is 6.10 Å². The number of aliphatic carboxylic acids is 1. The SMILES string of the molecule is CC(=O)O.Cc1c(Cl)c(OCCCS(C)=O)c(Cl)c(C)c1-c1cccc2c1CCC2Oc1ccc2c(c1)SCC2. The minimum atomic E-state index is -0.845. The maximum absolute atomic E-state index is 11.4. The number of benzene rings is 3. The summed E-state index contributed by atoms with van der Waals surface area (Å²) in [5.41, 5.74) is 8.11. The second kappa shape index (κ2) is 13.6. The molecule has 1 heterocycles. The van der Waals surface area contributed by atoms with Crippen LogP contribution in [-0.2, 0) is 28.4 Å². The lowest BCUT2D eigenvalue weighted by molar-refractivity contribution is -0.134. The molecule has 0 saturated carbocycles. The lowest BCUT2D eigenvalue weighted by Gasteiger charge is -2.21. The summed E-state index contributed by atoms with van der Waals surface area (Å²) in [6.45, 7) is 5.57. The molecule has 1 N–H and O–H groups in total. The Hall–Kier alpha value is -2.19. The van der Waals surface area contributed by atoms with Crippen LogP contribution in [0.5, 0.6) is 11.5 Å². The molecular formula is C31H34Cl2O5S2. The van der Waals surface area contributed by atoms with Gasteiger partial charge in [0.25, 0.3) is 5.97 Å². The largest absolute Gasteiger partial charge is 0.490 e. The molecule has 0 saturated heterocycles. The predicted molar refractivity (Wildman–Crippen MR) is 166 cm³/mol. The molecule has 1 aliphatic carbocycles. The molecule has 0 spiro atoms. The van der Waals surface area contributed by atoms with E-state index < -0.39 is 16.8 Å². The van der Waals surface area contributed by atoms with Crippen molar-refractivity contribution in [2.45, 2.75) is 57.5 Å². The molecule has 214 valence electrons. The number of aryl methyl sites for hydroxylation is 1. The van der Waals surface area contributed by atoms with E-state index in [0.29, 0.717) is 34.6 Å². The maximum Gasteiger partial charge on any atom is 0.300 e. The van der Waals surface area contributed by atoms with Crippen molar-refractivity contribution in [2.24, 2.45) is 0 Å². The predicted octanol–water partition coefficient (Wildman–Crippen LogP) is 8.23. The Bertz CT molecular complexity index is 1410. The number of carboxylic acids is 1. The maximum atomic E-state index is 11.4. The first-order chi connectivity index (χ1) is 19.1. The van der Waals surface area contributed by atoms with Gasteiger partial charge in [0.1, 0.15) is 11.9 Å². The number of hydrogen-bond donors (Lipinski definition) is 1. The Balaban J connectivity index is 0.000000867. The Morgan fingerprint density at radius 2 is 1.82 bits per heavy atom. The molecule has 0 fully saturated rings. The Labute approximate surface area is 253 Å². The van der Waals surface area contributed by atoms with E-state index in [1.165, 1.54) is 21.6 Å². The third-order valence-corrected chi connectivity index (χ3v) is 9.93. The molecule has 0 bridgehead atoms. The van der Waals surface area contributed by atoms with Crippen LogP contribution in [0.15, 0.2) is 41.3 Å². The molecule has 0 aromatic heterocycles. The molecule has 5 rings (SSSR count). The number of hydrogen-bond acceptors (Lipinski definition) is 5. The lowest BCUT2D eigenvalue weighted by atomic mass is 9.90. The van der Waals surface area contributed by atoms with Gasteiger partial charge < -0.3 is 14.6 Å². The zero-order chi connectivity index (χ0) is 29.0. The van der Waals surface area contributed by atoms with E-state index in [9.17, 15) is 4.21 Å². The Kier molecular flexibility index (Phi) is 10.5. The number of rotatable bonds is 8. The lowest BCUT2D eigenvalue weighted by Crippen LogP contribution is -2.06. The van der Waals surface area contributed by atoms with Crippen molar-refractivity contribution in [3.8, 4) is 22.6 Å². The molecule has 2 aliphatic rings. The molecule has 40 heavy (non-hydrogen) atoms. The van der Waals surface area contributed by atoms with Gasteiger partial charge in [0.05, 0.1) is 16.7 Å².